The molecule has 2 aliphatic rings. The molecule has 2 aliphatic heterocycles. The van der Waals surface area contributed by atoms with Gasteiger partial charge in [0.2, 0.25) is 6.71 Å². The first-order valence-electron chi connectivity index (χ1n) is 21.5. The molecule has 0 spiro atoms. The molecule has 0 unspecified atom stereocenters. The Bertz CT molecular complexity index is 3390. The quantitative estimate of drug-likeness (QED) is 0.118. The molecule has 11 aromatic carbocycles. The van der Waals surface area contributed by atoms with Crippen molar-refractivity contribution in [2.75, 3.05) is 14.7 Å². The second-order valence-corrected chi connectivity index (χ2v) is 16.5. The molecule has 0 saturated carbocycles. The first-order valence-corrected chi connectivity index (χ1v) is 21.5. The van der Waals surface area contributed by atoms with Crippen molar-refractivity contribution in [3.8, 4) is 11.1 Å². The summed E-state index contributed by atoms with van der Waals surface area (Å²) >= 11 is 0. The number of rotatable bonds is 7. The molecule has 0 atom stereocenters. The van der Waals surface area contributed by atoms with Crippen molar-refractivity contribution in [1.82, 2.24) is 0 Å². The van der Waals surface area contributed by atoms with E-state index in [1.807, 2.05) is 0 Å². The molecule has 0 N–H and O–H groups in total. The predicted molar refractivity (Wildman–Crippen MR) is 264 cm³/mol. The zero-order chi connectivity index (χ0) is 40.7. The summed E-state index contributed by atoms with van der Waals surface area (Å²) < 4.78 is 0. The Labute approximate surface area is 361 Å². The molecular weight excluding hydrogens is 749 g/mol. The van der Waals surface area contributed by atoms with Crippen LogP contribution in [-0.4, -0.2) is 6.71 Å². The van der Waals surface area contributed by atoms with E-state index in [0.29, 0.717) is 0 Å². The van der Waals surface area contributed by atoms with E-state index < -0.39 is 0 Å². The summed E-state index contributed by atoms with van der Waals surface area (Å²) in [6, 6.07) is 84.7. The van der Waals surface area contributed by atoms with Gasteiger partial charge in [0.15, 0.2) is 0 Å². The van der Waals surface area contributed by atoms with Gasteiger partial charge >= 0.3 is 0 Å². The van der Waals surface area contributed by atoms with Gasteiger partial charge in [-0.25, -0.2) is 0 Å². The number of para-hydroxylation sites is 4. The standard InChI is InChI=1S/C58H38BN3/c1-5-17-42(18-6-1)60(43-19-7-2-8-20-43)46-31-34-48-49-25-14-26-55-58(49)59(51(48)37-46)52-38-47(61(44-21-9-3-10-22-44)45-23-11-4-12-24-45)32-36-54(52)62(55)53-35-30-41-28-27-39-15-13-16-40-29-33-50(53)57(41)56(39)40/h1-38H. The fourth-order valence-electron chi connectivity index (χ4n) is 10.6. The topological polar surface area (TPSA) is 9.72 Å². The van der Waals surface area contributed by atoms with Crippen LogP contribution < -0.4 is 31.1 Å². The molecule has 288 valence electrons. The minimum absolute atomic E-state index is 0.00364. The summed E-state index contributed by atoms with van der Waals surface area (Å²) in [6.45, 7) is 0.00364. The second-order valence-electron chi connectivity index (χ2n) is 16.5. The normalized spacial score (nSPS) is 12.5. The molecule has 11 aromatic rings. The van der Waals surface area contributed by atoms with Crippen molar-refractivity contribution in [3.05, 3.63) is 231 Å². The van der Waals surface area contributed by atoms with Crippen LogP contribution in [0, 0.1) is 0 Å². The number of hydrogen-bond acceptors (Lipinski definition) is 3. The third kappa shape index (κ3) is 5.20. The Hall–Kier alpha value is -8.08. The molecule has 0 radical (unpaired) electrons. The van der Waals surface area contributed by atoms with Crippen molar-refractivity contribution in [2.24, 2.45) is 0 Å². The molecule has 0 amide bonds. The maximum atomic E-state index is 2.56. The lowest BCUT2D eigenvalue weighted by Crippen LogP contribution is -2.54. The van der Waals surface area contributed by atoms with Crippen molar-refractivity contribution in [2.45, 2.75) is 0 Å². The van der Waals surface area contributed by atoms with Gasteiger partial charge in [0.25, 0.3) is 0 Å². The van der Waals surface area contributed by atoms with Gasteiger partial charge in [-0.15, -0.1) is 0 Å². The van der Waals surface area contributed by atoms with E-state index in [0.717, 1.165) is 34.1 Å². The Kier molecular flexibility index (Phi) is 7.70. The molecule has 0 bridgehead atoms. The number of nitrogens with zero attached hydrogens (tertiary/aromatic N) is 3. The third-order valence-electron chi connectivity index (χ3n) is 13.1. The van der Waals surface area contributed by atoms with Crippen LogP contribution in [0.5, 0.6) is 0 Å². The number of hydrogen-bond donors (Lipinski definition) is 0. The first kappa shape index (κ1) is 34.8. The van der Waals surface area contributed by atoms with Gasteiger partial charge in [0, 0.05) is 50.9 Å². The summed E-state index contributed by atoms with van der Waals surface area (Å²) in [4.78, 5) is 7.33. The summed E-state index contributed by atoms with van der Waals surface area (Å²) in [6.07, 6.45) is 0. The van der Waals surface area contributed by atoms with Gasteiger partial charge in [0.1, 0.15) is 0 Å². The van der Waals surface area contributed by atoms with Gasteiger partial charge in [-0.05, 0) is 140 Å². The van der Waals surface area contributed by atoms with Crippen molar-refractivity contribution < 1.29 is 0 Å². The molecular formula is C58H38BN3. The summed E-state index contributed by atoms with van der Waals surface area (Å²) in [7, 11) is 0. The zero-order valence-electron chi connectivity index (χ0n) is 33.9. The average Bonchev–Trinajstić information content (AvgIpc) is 3.67. The van der Waals surface area contributed by atoms with Gasteiger partial charge in [-0.1, -0.05) is 145 Å². The van der Waals surface area contributed by atoms with Crippen LogP contribution in [0.3, 0.4) is 0 Å². The minimum Gasteiger partial charge on any atom is -0.311 e. The number of anilines is 9. The van der Waals surface area contributed by atoms with Crippen LogP contribution in [0.25, 0.3) is 43.4 Å². The largest absolute Gasteiger partial charge is 0.311 e. The molecule has 0 fully saturated rings. The molecule has 3 nitrogen and oxygen atoms in total. The highest BCUT2D eigenvalue weighted by Gasteiger charge is 2.43. The van der Waals surface area contributed by atoms with Crippen molar-refractivity contribution in [3.63, 3.8) is 0 Å². The third-order valence-corrected chi connectivity index (χ3v) is 13.1. The fourth-order valence-corrected chi connectivity index (χ4v) is 10.6. The average molecular weight is 788 g/mol. The number of fused-ring (bicyclic) bond motifs is 5. The lowest BCUT2D eigenvalue weighted by atomic mass is 9.37. The Balaban J connectivity index is 1.08. The maximum absolute atomic E-state index is 2.56. The van der Waals surface area contributed by atoms with Crippen LogP contribution in [0.1, 0.15) is 0 Å². The van der Waals surface area contributed by atoms with E-state index in [2.05, 4.69) is 245 Å². The second kappa shape index (κ2) is 13.7. The van der Waals surface area contributed by atoms with E-state index in [1.165, 1.54) is 76.9 Å². The zero-order valence-corrected chi connectivity index (χ0v) is 33.9. The highest BCUT2D eigenvalue weighted by Crippen LogP contribution is 2.47. The summed E-state index contributed by atoms with van der Waals surface area (Å²) in [5, 5.41) is 7.72. The Morgan fingerprint density at radius 2 is 0.790 bits per heavy atom. The predicted octanol–water partition coefficient (Wildman–Crippen LogP) is 13.8. The fraction of sp³-hybridized carbons (Fsp3) is 0. The van der Waals surface area contributed by atoms with Gasteiger partial charge < -0.3 is 14.7 Å². The highest BCUT2D eigenvalue weighted by molar-refractivity contribution is 7.01. The van der Waals surface area contributed by atoms with E-state index in [-0.39, 0.29) is 6.71 Å². The lowest BCUT2D eigenvalue weighted by Gasteiger charge is -2.37. The highest BCUT2D eigenvalue weighted by atomic mass is 15.2. The molecule has 2 heterocycles. The first-order chi connectivity index (χ1) is 30.8. The monoisotopic (exact) mass is 787 g/mol. The van der Waals surface area contributed by atoms with Crippen LogP contribution in [0.4, 0.5) is 51.2 Å². The van der Waals surface area contributed by atoms with E-state index >= 15 is 0 Å². The SMILES string of the molecule is c1ccc(N(c2ccccc2)c2ccc3c(c2)B2c4cc(N(c5ccccc5)c5ccccc5)ccc4N(c4ccc5ccc6cccc7ccc4c5c67)c4cccc-3c42)cc1. The lowest BCUT2D eigenvalue weighted by molar-refractivity contribution is 1.27. The van der Waals surface area contributed by atoms with Crippen molar-refractivity contribution >= 4 is 107 Å². The smallest absolute Gasteiger partial charge is 0.248 e. The molecule has 13 rings (SSSR count). The molecule has 0 aromatic heterocycles. The molecule has 0 aliphatic carbocycles. The van der Waals surface area contributed by atoms with Crippen molar-refractivity contribution in [1.29, 1.82) is 0 Å². The van der Waals surface area contributed by atoms with E-state index in [4.69, 9.17) is 0 Å². The molecule has 4 heteroatoms. The molecule has 0 saturated heterocycles. The van der Waals surface area contributed by atoms with Crippen LogP contribution in [0.2, 0.25) is 0 Å². The Morgan fingerprint density at radius 1 is 0.306 bits per heavy atom. The summed E-state index contributed by atoms with van der Waals surface area (Å²) in [5.74, 6) is 0. The summed E-state index contributed by atoms with van der Waals surface area (Å²) in [5.41, 5.74) is 16.9. The van der Waals surface area contributed by atoms with E-state index in [1.54, 1.807) is 0 Å². The van der Waals surface area contributed by atoms with E-state index in [9.17, 15) is 0 Å². The van der Waals surface area contributed by atoms with Gasteiger partial charge in [-0.3, -0.25) is 0 Å². The van der Waals surface area contributed by atoms with Crippen LogP contribution in [-0.2, 0) is 0 Å². The minimum atomic E-state index is 0.00364. The Morgan fingerprint density at radius 3 is 1.39 bits per heavy atom. The van der Waals surface area contributed by atoms with Crippen LogP contribution >= 0.6 is 0 Å². The van der Waals surface area contributed by atoms with Gasteiger partial charge in [0.05, 0.1) is 5.69 Å². The number of benzene rings is 11. The maximum Gasteiger partial charge on any atom is 0.248 e. The molecule has 62 heavy (non-hydrogen) atoms. The van der Waals surface area contributed by atoms with Crippen LogP contribution in [0.15, 0.2) is 231 Å². The van der Waals surface area contributed by atoms with Gasteiger partial charge in [-0.2, -0.15) is 0 Å².